The van der Waals surface area contributed by atoms with E-state index in [1.165, 1.54) is 38.5 Å². The van der Waals surface area contributed by atoms with Gasteiger partial charge in [0.25, 0.3) is 0 Å². The molecule has 126 valence electrons. The molecule has 0 amide bonds. The molecule has 0 aliphatic rings. The highest BCUT2D eigenvalue weighted by molar-refractivity contribution is 5.66. The van der Waals surface area contributed by atoms with Crippen molar-refractivity contribution in [1.29, 1.82) is 0 Å². The molecule has 2 nitrogen and oxygen atoms in total. The maximum absolute atomic E-state index is 10.3. The molecule has 0 saturated carbocycles. The second kappa shape index (κ2) is 17.7. The third-order valence-corrected chi connectivity index (χ3v) is 3.48. The molecule has 0 aliphatic heterocycles. The summed E-state index contributed by atoms with van der Waals surface area (Å²) in [7, 11) is 0. The number of carboxylic acid groups (broad SMARTS) is 1. The average Bonchev–Trinajstić information content (AvgIpc) is 2.50. The van der Waals surface area contributed by atoms with E-state index in [-0.39, 0.29) is 0 Å². The lowest BCUT2D eigenvalue weighted by molar-refractivity contribution is -0.137. The predicted molar refractivity (Wildman–Crippen MR) is 96.1 cm³/mol. The van der Waals surface area contributed by atoms with Crippen LogP contribution in [0.4, 0.5) is 0 Å². The summed E-state index contributed by atoms with van der Waals surface area (Å²) in [4.78, 5) is 10.3. The molecular formula is C20H34O2. The minimum absolute atomic E-state index is 0.299. The largest absolute Gasteiger partial charge is 0.481 e. The van der Waals surface area contributed by atoms with E-state index in [0.29, 0.717) is 6.42 Å². The van der Waals surface area contributed by atoms with Crippen molar-refractivity contribution in [1.82, 2.24) is 0 Å². The summed E-state index contributed by atoms with van der Waals surface area (Å²) in [6.45, 7) is 2.17. The van der Waals surface area contributed by atoms with E-state index in [0.717, 1.165) is 32.1 Å². The van der Waals surface area contributed by atoms with Crippen LogP contribution in [0.15, 0.2) is 36.5 Å². The van der Waals surface area contributed by atoms with Crippen LogP contribution < -0.4 is 0 Å². The minimum atomic E-state index is -0.687. The number of rotatable bonds is 15. The fourth-order valence-corrected chi connectivity index (χ4v) is 2.17. The van der Waals surface area contributed by atoms with Crippen LogP contribution in [0.5, 0.6) is 0 Å². The Labute approximate surface area is 137 Å². The van der Waals surface area contributed by atoms with Gasteiger partial charge in [0, 0.05) is 6.42 Å². The van der Waals surface area contributed by atoms with Gasteiger partial charge >= 0.3 is 5.97 Å². The Kier molecular flexibility index (Phi) is 16.7. The van der Waals surface area contributed by atoms with E-state index < -0.39 is 5.97 Å². The van der Waals surface area contributed by atoms with Gasteiger partial charge in [0.2, 0.25) is 0 Å². The van der Waals surface area contributed by atoms with Gasteiger partial charge < -0.3 is 5.11 Å². The van der Waals surface area contributed by atoms with Crippen molar-refractivity contribution in [3.05, 3.63) is 36.5 Å². The Morgan fingerprint density at radius 3 is 1.55 bits per heavy atom. The van der Waals surface area contributed by atoms with Gasteiger partial charge in [0.15, 0.2) is 0 Å². The standard InChI is InChI=1S/C20H34O2/c1-2-3-4-5-6-7-8-9-10-11-12-13-14-15-16-17-18-19-20(21)22/h3-4,9-10,14-15H,2,5-8,11-13,16-19H2,1H3,(H,21,22)/b4-3+,10-9+,15-14+. The molecule has 0 fully saturated rings. The number of allylic oxidation sites excluding steroid dienone is 6. The molecule has 0 aromatic carbocycles. The molecule has 0 saturated heterocycles. The van der Waals surface area contributed by atoms with Gasteiger partial charge in [-0.2, -0.15) is 0 Å². The fraction of sp³-hybridized carbons (Fsp3) is 0.650. The van der Waals surface area contributed by atoms with E-state index in [1.54, 1.807) is 0 Å². The van der Waals surface area contributed by atoms with Crippen molar-refractivity contribution in [3.8, 4) is 0 Å². The molecular weight excluding hydrogens is 272 g/mol. The smallest absolute Gasteiger partial charge is 0.303 e. The van der Waals surface area contributed by atoms with Crippen LogP contribution in [0.2, 0.25) is 0 Å². The molecule has 0 aromatic heterocycles. The summed E-state index contributed by atoms with van der Waals surface area (Å²) in [5.74, 6) is -0.687. The first kappa shape index (κ1) is 20.7. The maximum atomic E-state index is 10.3. The minimum Gasteiger partial charge on any atom is -0.481 e. The van der Waals surface area contributed by atoms with Crippen LogP contribution in [-0.2, 0) is 4.79 Å². The van der Waals surface area contributed by atoms with Crippen molar-refractivity contribution in [3.63, 3.8) is 0 Å². The summed E-state index contributed by atoms with van der Waals surface area (Å²) in [6.07, 6.45) is 26.3. The average molecular weight is 306 g/mol. The monoisotopic (exact) mass is 306 g/mol. The molecule has 0 atom stereocenters. The van der Waals surface area contributed by atoms with Gasteiger partial charge in [0.1, 0.15) is 0 Å². The molecule has 1 N–H and O–H groups in total. The number of aliphatic carboxylic acids is 1. The summed E-state index contributed by atoms with van der Waals surface area (Å²) >= 11 is 0. The van der Waals surface area contributed by atoms with Gasteiger partial charge in [-0.1, -0.05) is 43.4 Å². The Bertz CT molecular complexity index is 327. The number of hydrogen-bond donors (Lipinski definition) is 1. The summed E-state index contributed by atoms with van der Waals surface area (Å²) < 4.78 is 0. The zero-order chi connectivity index (χ0) is 16.3. The predicted octanol–water partition coefficient (Wildman–Crippen LogP) is 6.44. The number of carbonyl (C=O) groups is 1. The van der Waals surface area contributed by atoms with E-state index in [9.17, 15) is 4.79 Å². The third-order valence-electron chi connectivity index (χ3n) is 3.48. The highest BCUT2D eigenvalue weighted by Gasteiger charge is 1.94. The Hall–Kier alpha value is -1.31. The van der Waals surface area contributed by atoms with Crippen LogP contribution in [-0.4, -0.2) is 11.1 Å². The van der Waals surface area contributed by atoms with Gasteiger partial charge in [-0.15, -0.1) is 0 Å². The van der Waals surface area contributed by atoms with Crippen molar-refractivity contribution >= 4 is 5.97 Å². The summed E-state index contributed by atoms with van der Waals surface area (Å²) in [5, 5.41) is 8.51. The normalized spacial score (nSPS) is 12.0. The van der Waals surface area contributed by atoms with Gasteiger partial charge in [-0.05, 0) is 70.6 Å². The summed E-state index contributed by atoms with van der Waals surface area (Å²) in [6, 6.07) is 0. The third kappa shape index (κ3) is 18.7. The van der Waals surface area contributed by atoms with Crippen LogP contribution in [0, 0.1) is 0 Å². The molecule has 0 unspecified atom stereocenters. The van der Waals surface area contributed by atoms with Crippen LogP contribution in [0.3, 0.4) is 0 Å². The topological polar surface area (TPSA) is 37.3 Å². The van der Waals surface area contributed by atoms with Crippen molar-refractivity contribution in [2.45, 2.75) is 84.0 Å². The molecule has 0 aliphatic carbocycles. The van der Waals surface area contributed by atoms with Crippen molar-refractivity contribution < 1.29 is 9.90 Å². The maximum Gasteiger partial charge on any atom is 0.303 e. The lowest BCUT2D eigenvalue weighted by Gasteiger charge is -1.95. The van der Waals surface area contributed by atoms with Crippen LogP contribution in [0.25, 0.3) is 0 Å². The second-order valence-corrected chi connectivity index (χ2v) is 5.68. The van der Waals surface area contributed by atoms with E-state index in [1.807, 2.05) is 0 Å². The molecule has 0 spiro atoms. The van der Waals surface area contributed by atoms with Gasteiger partial charge in [-0.3, -0.25) is 4.79 Å². The molecule has 0 aromatic rings. The number of unbranched alkanes of at least 4 members (excludes halogenated alkanes) is 7. The fourth-order valence-electron chi connectivity index (χ4n) is 2.17. The highest BCUT2D eigenvalue weighted by atomic mass is 16.4. The van der Waals surface area contributed by atoms with E-state index in [4.69, 9.17) is 5.11 Å². The molecule has 0 heterocycles. The Balaban J connectivity index is 3.22. The Morgan fingerprint density at radius 1 is 0.682 bits per heavy atom. The number of hydrogen-bond acceptors (Lipinski definition) is 1. The Morgan fingerprint density at radius 2 is 1.09 bits per heavy atom. The second-order valence-electron chi connectivity index (χ2n) is 5.68. The zero-order valence-electron chi connectivity index (χ0n) is 14.3. The van der Waals surface area contributed by atoms with Crippen LogP contribution >= 0.6 is 0 Å². The first-order valence-corrected chi connectivity index (χ1v) is 8.94. The van der Waals surface area contributed by atoms with Gasteiger partial charge in [-0.25, -0.2) is 0 Å². The summed E-state index contributed by atoms with van der Waals surface area (Å²) in [5.41, 5.74) is 0. The zero-order valence-corrected chi connectivity index (χ0v) is 14.3. The lowest BCUT2D eigenvalue weighted by Crippen LogP contribution is -1.92. The van der Waals surface area contributed by atoms with Crippen molar-refractivity contribution in [2.24, 2.45) is 0 Å². The molecule has 0 bridgehead atoms. The molecule has 0 radical (unpaired) electrons. The van der Waals surface area contributed by atoms with E-state index in [2.05, 4.69) is 43.4 Å². The SMILES string of the molecule is CC/C=C/CCCC/C=C/CCC/C=C/CCCCC(=O)O. The molecule has 2 heteroatoms. The molecule has 0 rings (SSSR count). The molecule has 22 heavy (non-hydrogen) atoms. The highest BCUT2D eigenvalue weighted by Crippen LogP contribution is 2.05. The van der Waals surface area contributed by atoms with E-state index >= 15 is 0 Å². The number of carboxylic acids is 1. The lowest BCUT2D eigenvalue weighted by atomic mass is 10.1. The van der Waals surface area contributed by atoms with Crippen molar-refractivity contribution in [2.75, 3.05) is 0 Å². The van der Waals surface area contributed by atoms with Crippen LogP contribution in [0.1, 0.15) is 84.0 Å². The van der Waals surface area contributed by atoms with Gasteiger partial charge in [0.05, 0.1) is 0 Å². The first-order valence-electron chi connectivity index (χ1n) is 8.94. The first-order chi connectivity index (χ1) is 10.8. The quantitative estimate of drug-likeness (QED) is 0.279.